The fourth-order valence-electron chi connectivity index (χ4n) is 7.32. The van der Waals surface area contributed by atoms with E-state index >= 15 is 0 Å². The molecule has 3 fully saturated rings. The first kappa shape index (κ1) is 25.0. The van der Waals surface area contributed by atoms with Crippen LogP contribution in [0.3, 0.4) is 0 Å². The van der Waals surface area contributed by atoms with Crippen molar-refractivity contribution in [2.75, 3.05) is 6.61 Å². The van der Waals surface area contributed by atoms with Gasteiger partial charge in [0.15, 0.2) is 5.78 Å². The van der Waals surface area contributed by atoms with Crippen molar-refractivity contribution in [2.45, 2.75) is 68.4 Å². The number of allylic oxidation sites excluding steroid dienone is 4. The van der Waals surface area contributed by atoms with E-state index in [-0.39, 0.29) is 43.0 Å². The van der Waals surface area contributed by atoms with E-state index in [4.69, 9.17) is 44.3 Å². The number of halogens is 3. The molecule has 6 nitrogen and oxygen atoms in total. The van der Waals surface area contributed by atoms with Gasteiger partial charge in [0.25, 0.3) is 3.79 Å². The topological polar surface area (TPSA) is 89.9 Å². The molecule has 0 aromatic heterocycles. The van der Waals surface area contributed by atoms with Gasteiger partial charge in [-0.1, -0.05) is 60.3 Å². The predicted octanol–water partition coefficient (Wildman–Crippen LogP) is 4.48. The number of hydrogen-bond acceptors (Lipinski definition) is 6. The summed E-state index contributed by atoms with van der Waals surface area (Å²) < 4.78 is 8.75. The molecule has 182 valence electrons. The SMILES string of the molecule is CCOC(=O)[C@@]1(OC(=O)C(Cl)(Cl)Cl)CC[C@H]2[C@@H]3CCC4=CC(=O)C=C[C@]4(C)[C@H]3[C@@H](O)C[C@@]21C. The molecule has 33 heavy (non-hydrogen) atoms. The molecule has 0 bridgehead atoms. The van der Waals surface area contributed by atoms with Gasteiger partial charge in [-0.2, -0.15) is 0 Å². The number of hydrogen-bond donors (Lipinski definition) is 1. The summed E-state index contributed by atoms with van der Waals surface area (Å²) in [5.74, 6) is -1.93. The highest BCUT2D eigenvalue weighted by Crippen LogP contribution is 2.68. The molecule has 0 aromatic carbocycles. The highest BCUT2D eigenvalue weighted by atomic mass is 35.6. The molecule has 0 heterocycles. The summed E-state index contributed by atoms with van der Waals surface area (Å²) in [5, 5.41) is 11.5. The van der Waals surface area contributed by atoms with E-state index in [1.165, 1.54) is 0 Å². The lowest BCUT2D eigenvalue weighted by molar-refractivity contribution is -0.212. The fraction of sp³-hybridized carbons (Fsp3) is 0.708. The minimum atomic E-state index is -2.35. The average molecular weight is 520 g/mol. The van der Waals surface area contributed by atoms with E-state index in [9.17, 15) is 19.5 Å². The van der Waals surface area contributed by atoms with Gasteiger partial charge >= 0.3 is 11.9 Å². The van der Waals surface area contributed by atoms with Crippen molar-refractivity contribution in [3.63, 3.8) is 0 Å². The Hall–Kier alpha value is -1.08. The predicted molar refractivity (Wildman–Crippen MR) is 124 cm³/mol. The molecule has 0 saturated heterocycles. The van der Waals surface area contributed by atoms with Crippen LogP contribution in [0.25, 0.3) is 0 Å². The van der Waals surface area contributed by atoms with Crippen LogP contribution in [0.1, 0.15) is 52.9 Å². The molecule has 0 unspecified atom stereocenters. The van der Waals surface area contributed by atoms with Crippen LogP contribution in [0.4, 0.5) is 0 Å². The number of rotatable bonds is 3. The lowest BCUT2D eigenvalue weighted by Gasteiger charge is -2.59. The Balaban J connectivity index is 1.76. The fourth-order valence-corrected chi connectivity index (χ4v) is 7.44. The Morgan fingerprint density at radius 3 is 2.58 bits per heavy atom. The largest absolute Gasteiger partial charge is 0.463 e. The zero-order chi connectivity index (χ0) is 24.4. The summed E-state index contributed by atoms with van der Waals surface area (Å²) in [6.07, 6.45) is 6.94. The summed E-state index contributed by atoms with van der Waals surface area (Å²) in [6.45, 7) is 5.73. The van der Waals surface area contributed by atoms with Gasteiger partial charge in [-0.25, -0.2) is 9.59 Å². The van der Waals surface area contributed by atoms with Gasteiger partial charge in [0, 0.05) is 16.7 Å². The van der Waals surface area contributed by atoms with E-state index in [0.29, 0.717) is 6.42 Å². The first-order valence-corrected chi connectivity index (χ1v) is 12.5. The van der Waals surface area contributed by atoms with E-state index in [0.717, 1.165) is 18.4 Å². The third-order valence-corrected chi connectivity index (χ3v) is 9.18. The third-order valence-electron chi connectivity index (χ3n) is 8.72. The van der Waals surface area contributed by atoms with Gasteiger partial charge in [-0.3, -0.25) is 4.79 Å². The Morgan fingerprint density at radius 1 is 1.24 bits per heavy atom. The summed E-state index contributed by atoms with van der Waals surface area (Å²) in [7, 11) is 0. The molecular formula is C24H29Cl3O6. The number of fused-ring (bicyclic) bond motifs is 5. The highest BCUT2D eigenvalue weighted by Gasteiger charge is 2.71. The van der Waals surface area contributed by atoms with Crippen LogP contribution in [-0.2, 0) is 23.9 Å². The second-order valence-electron chi connectivity index (χ2n) is 10.2. The summed E-state index contributed by atoms with van der Waals surface area (Å²) in [6, 6.07) is 0. The Bertz CT molecular complexity index is 939. The van der Waals surface area contributed by atoms with E-state index < -0.39 is 38.3 Å². The summed E-state index contributed by atoms with van der Waals surface area (Å²) in [4.78, 5) is 37.9. The van der Waals surface area contributed by atoms with E-state index in [1.54, 1.807) is 19.1 Å². The second-order valence-corrected chi connectivity index (χ2v) is 12.5. The summed E-state index contributed by atoms with van der Waals surface area (Å²) in [5.41, 5.74) is -1.97. The van der Waals surface area contributed by atoms with Crippen LogP contribution in [0.15, 0.2) is 23.8 Å². The maximum absolute atomic E-state index is 13.3. The number of ketones is 1. The van der Waals surface area contributed by atoms with Gasteiger partial charge in [0.2, 0.25) is 5.60 Å². The zero-order valence-corrected chi connectivity index (χ0v) is 21.2. The molecule has 1 N–H and O–H groups in total. The molecule has 0 aliphatic heterocycles. The molecule has 0 aromatic rings. The maximum atomic E-state index is 13.3. The van der Waals surface area contributed by atoms with Crippen LogP contribution in [0.5, 0.6) is 0 Å². The maximum Gasteiger partial charge on any atom is 0.359 e. The standard InChI is InChI=1S/C24H29Cl3O6/c1-4-32-19(30)23(33-20(31)24(25,26)27)10-8-16-15-6-5-13-11-14(28)7-9-21(13,2)18(15)17(29)12-22(16,23)3/h7,9,11,15-18,29H,4-6,8,10,12H2,1-3H3/t15-,16-,17-,18+,21-,22-,23-/m0/s1. The van der Waals surface area contributed by atoms with Crippen LogP contribution >= 0.6 is 34.8 Å². The molecular weight excluding hydrogens is 491 g/mol. The highest BCUT2D eigenvalue weighted by molar-refractivity contribution is 6.75. The van der Waals surface area contributed by atoms with Crippen molar-refractivity contribution in [1.29, 1.82) is 0 Å². The lowest BCUT2D eigenvalue weighted by atomic mass is 9.46. The smallest absolute Gasteiger partial charge is 0.359 e. The Morgan fingerprint density at radius 2 is 1.94 bits per heavy atom. The minimum Gasteiger partial charge on any atom is -0.463 e. The van der Waals surface area contributed by atoms with Gasteiger partial charge < -0.3 is 14.6 Å². The Labute approximate surface area is 208 Å². The van der Waals surface area contributed by atoms with Gasteiger partial charge in [-0.15, -0.1) is 0 Å². The molecule has 4 rings (SSSR count). The number of ether oxygens (including phenoxy) is 2. The second kappa shape index (κ2) is 8.25. The lowest BCUT2D eigenvalue weighted by Crippen LogP contribution is -2.63. The van der Waals surface area contributed by atoms with Crippen LogP contribution in [-0.4, -0.2) is 44.9 Å². The molecule has 4 aliphatic carbocycles. The average Bonchev–Trinajstić information content (AvgIpc) is 3.00. The first-order chi connectivity index (χ1) is 15.3. The number of carbonyl (C=O) groups excluding carboxylic acids is 3. The number of aliphatic hydroxyl groups excluding tert-OH is 1. The van der Waals surface area contributed by atoms with Crippen LogP contribution < -0.4 is 0 Å². The van der Waals surface area contributed by atoms with Crippen LogP contribution in [0.2, 0.25) is 0 Å². The van der Waals surface area contributed by atoms with E-state index in [2.05, 4.69) is 6.92 Å². The van der Waals surface area contributed by atoms with Crippen molar-refractivity contribution < 1.29 is 29.0 Å². The van der Waals surface area contributed by atoms with Crippen LogP contribution in [0, 0.1) is 28.6 Å². The van der Waals surface area contributed by atoms with Crippen molar-refractivity contribution in [2.24, 2.45) is 28.6 Å². The van der Waals surface area contributed by atoms with E-state index in [1.807, 2.05) is 13.0 Å². The molecule has 3 saturated carbocycles. The normalized spacial score (nSPS) is 42.0. The number of esters is 2. The molecule has 0 amide bonds. The molecule has 9 heteroatoms. The molecule has 7 atom stereocenters. The van der Waals surface area contributed by atoms with Crippen molar-refractivity contribution in [3.05, 3.63) is 23.8 Å². The third kappa shape index (κ3) is 3.67. The number of alkyl halides is 3. The van der Waals surface area contributed by atoms with Gasteiger partial charge in [-0.05, 0) is 63.0 Å². The number of carbonyl (C=O) groups is 3. The van der Waals surface area contributed by atoms with Gasteiger partial charge in [0.1, 0.15) is 0 Å². The minimum absolute atomic E-state index is 0.0251. The quantitative estimate of drug-likeness (QED) is 0.437. The molecule has 0 spiro atoms. The first-order valence-electron chi connectivity index (χ1n) is 11.4. The van der Waals surface area contributed by atoms with Crippen molar-refractivity contribution in [1.82, 2.24) is 0 Å². The molecule has 0 radical (unpaired) electrons. The van der Waals surface area contributed by atoms with Crippen molar-refractivity contribution >= 4 is 52.5 Å². The Kier molecular flexibility index (Phi) is 6.26. The monoisotopic (exact) mass is 518 g/mol. The zero-order valence-electron chi connectivity index (χ0n) is 18.9. The van der Waals surface area contributed by atoms with Crippen molar-refractivity contribution in [3.8, 4) is 0 Å². The van der Waals surface area contributed by atoms with Gasteiger partial charge in [0.05, 0.1) is 12.7 Å². The summed E-state index contributed by atoms with van der Waals surface area (Å²) >= 11 is 17.4. The molecule has 4 aliphatic rings. The number of aliphatic hydroxyl groups is 1.